The van der Waals surface area contributed by atoms with Gasteiger partial charge >= 0.3 is 6.03 Å². The lowest BCUT2D eigenvalue weighted by molar-refractivity contribution is -0.139. The highest BCUT2D eigenvalue weighted by molar-refractivity contribution is 9.10. The summed E-state index contributed by atoms with van der Waals surface area (Å²) in [5.41, 5.74) is 1.81. The predicted molar refractivity (Wildman–Crippen MR) is 107 cm³/mol. The van der Waals surface area contributed by atoms with E-state index in [4.69, 9.17) is 0 Å². The van der Waals surface area contributed by atoms with E-state index in [0.717, 1.165) is 21.4 Å². The van der Waals surface area contributed by atoms with Crippen molar-refractivity contribution in [3.8, 4) is 0 Å². The van der Waals surface area contributed by atoms with Gasteiger partial charge in [0.2, 0.25) is 5.91 Å². The average molecular weight is 442 g/mol. The molecule has 6 nitrogen and oxygen atoms in total. The minimum absolute atomic E-state index is 0.227. The zero-order chi connectivity index (χ0) is 19.9. The lowest BCUT2D eigenvalue weighted by atomic mass is 9.92. The molecule has 28 heavy (non-hydrogen) atoms. The van der Waals surface area contributed by atoms with Crippen molar-refractivity contribution in [3.63, 3.8) is 0 Å². The van der Waals surface area contributed by atoms with E-state index in [1.165, 1.54) is 5.56 Å². The molecule has 2 aromatic rings. The minimum Gasteiger partial charge on any atom is -0.336 e. The second kappa shape index (κ2) is 7.05. The molecule has 1 saturated heterocycles. The van der Waals surface area contributed by atoms with Crippen LogP contribution >= 0.6 is 15.9 Å². The fourth-order valence-corrected chi connectivity index (χ4v) is 4.51. The summed E-state index contributed by atoms with van der Waals surface area (Å²) in [5, 5.41) is 2.75. The van der Waals surface area contributed by atoms with Crippen LogP contribution in [0.15, 0.2) is 53.0 Å². The van der Waals surface area contributed by atoms with Gasteiger partial charge in [-0.2, -0.15) is 0 Å². The van der Waals surface area contributed by atoms with Crippen molar-refractivity contribution in [1.29, 1.82) is 0 Å². The van der Waals surface area contributed by atoms with Gasteiger partial charge in [-0.1, -0.05) is 58.4 Å². The highest BCUT2D eigenvalue weighted by Crippen LogP contribution is 2.33. The lowest BCUT2D eigenvalue weighted by Crippen LogP contribution is -2.45. The Hall–Kier alpha value is -2.67. The Morgan fingerprint density at radius 3 is 2.54 bits per heavy atom. The molecule has 2 aliphatic heterocycles. The van der Waals surface area contributed by atoms with Gasteiger partial charge in [0.25, 0.3) is 5.91 Å². The van der Waals surface area contributed by atoms with Crippen LogP contribution in [0.5, 0.6) is 0 Å². The Bertz CT molecular complexity index is 977. The smallest absolute Gasteiger partial charge is 0.325 e. The molecule has 144 valence electrons. The van der Waals surface area contributed by atoms with E-state index < -0.39 is 17.5 Å². The Labute approximate surface area is 171 Å². The summed E-state index contributed by atoms with van der Waals surface area (Å²) in [7, 11) is 0. The minimum atomic E-state index is -1.20. The number of rotatable bonds is 3. The summed E-state index contributed by atoms with van der Waals surface area (Å²) in [5.74, 6) is -0.649. The number of hydrogen-bond donors (Lipinski definition) is 1. The molecule has 7 heteroatoms. The fourth-order valence-electron chi connectivity index (χ4n) is 3.83. The summed E-state index contributed by atoms with van der Waals surface area (Å²) in [6.45, 7) is 2.49. The number of benzene rings is 2. The van der Waals surface area contributed by atoms with Gasteiger partial charge in [0.1, 0.15) is 12.1 Å². The molecule has 4 amide bonds. The third-order valence-corrected chi connectivity index (χ3v) is 6.16. The SMILES string of the molecule is CC1(c2ccccc2Br)NC(=O)N(CC(=O)N2CCc3ccccc3C2)C1=O. The monoisotopic (exact) mass is 441 g/mol. The van der Waals surface area contributed by atoms with Crippen LogP contribution in [0, 0.1) is 0 Å². The van der Waals surface area contributed by atoms with E-state index in [1.54, 1.807) is 17.9 Å². The van der Waals surface area contributed by atoms with Gasteiger partial charge < -0.3 is 10.2 Å². The first-order valence-electron chi connectivity index (χ1n) is 9.14. The number of carbonyl (C=O) groups is 3. The van der Waals surface area contributed by atoms with E-state index in [0.29, 0.717) is 18.7 Å². The normalized spacial score (nSPS) is 21.5. The van der Waals surface area contributed by atoms with Crippen LogP contribution in [0.1, 0.15) is 23.6 Å². The number of fused-ring (bicyclic) bond motifs is 1. The molecule has 0 saturated carbocycles. The van der Waals surface area contributed by atoms with Crippen molar-refractivity contribution in [1.82, 2.24) is 15.1 Å². The van der Waals surface area contributed by atoms with Gasteiger partial charge in [-0.3, -0.25) is 14.5 Å². The Balaban J connectivity index is 1.51. The Morgan fingerprint density at radius 1 is 1.11 bits per heavy atom. The summed E-state index contributed by atoms with van der Waals surface area (Å²) in [6.07, 6.45) is 0.775. The maximum absolute atomic E-state index is 13.1. The van der Waals surface area contributed by atoms with Crippen LogP contribution in [0.3, 0.4) is 0 Å². The van der Waals surface area contributed by atoms with Gasteiger partial charge in [0.15, 0.2) is 0 Å². The maximum Gasteiger partial charge on any atom is 0.325 e. The van der Waals surface area contributed by atoms with Crippen LogP contribution < -0.4 is 5.32 Å². The zero-order valence-electron chi connectivity index (χ0n) is 15.4. The number of halogens is 1. The zero-order valence-corrected chi connectivity index (χ0v) is 17.0. The number of carbonyl (C=O) groups excluding carboxylic acids is 3. The Morgan fingerprint density at radius 2 is 1.79 bits per heavy atom. The molecule has 1 atom stereocenters. The molecule has 2 aromatic carbocycles. The highest BCUT2D eigenvalue weighted by Gasteiger charge is 2.50. The van der Waals surface area contributed by atoms with Crippen LogP contribution in [0.2, 0.25) is 0 Å². The Kier molecular flexibility index (Phi) is 4.71. The average Bonchev–Trinajstić information content (AvgIpc) is 2.91. The van der Waals surface area contributed by atoms with Crippen molar-refractivity contribution in [2.75, 3.05) is 13.1 Å². The standard InChI is InChI=1S/C21H20BrN3O3/c1-21(16-8-4-5-9-17(16)22)19(27)25(20(28)23-21)13-18(26)24-11-10-14-6-2-3-7-15(14)12-24/h2-9H,10-13H2,1H3,(H,23,28). The quantitative estimate of drug-likeness (QED) is 0.744. The number of hydrogen-bond acceptors (Lipinski definition) is 3. The van der Waals surface area contributed by atoms with Crippen molar-refractivity contribution in [2.45, 2.75) is 25.4 Å². The first kappa shape index (κ1) is 18.7. The summed E-state index contributed by atoms with van der Waals surface area (Å²) >= 11 is 3.44. The number of nitrogens with zero attached hydrogens (tertiary/aromatic N) is 2. The lowest BCUT2D eigenvalue weighted by Gasteiger charge is -2.30. The van der Waals surface area contributed by atoms with Gasteiger partial charge in [-0.05, 0) is 30.5 Å². The van der Waals surface area contributed by atoms with Crippen LogP contribution in [0.25, 0.3) is 0 Å². The molecule has 0 aromatic heterocycles. The van der Waals surface area contributed by atoms with Crippen LogP contribution in [0.4, 0.5) is 4.79 Å². The second-order valence-electron chi connectivity index (χ2n) is 7.26. The highest BCUT2D eigenvalue weighted by atomic mass is 79.9. The van der Waals surface area contributed by atoms with E-state index in [2.05, 4.69) is 27.3 Å². The maximum atomic E-state index is 13.1. The topological polar surface area (TPSA) is 69.7 Å². The first-order valence-corrected chi connectivity index (χ1v) is 9.93. The van der Waals surface area contributed by atoms with Crippen LogP contribution in [-0.4, -0.2) is 40.7 Å². The molecule has 1 unspecified atom stereocenters. The van der Waals surface area contributed by atoms with Gasteiger partial charge in [0.05, 0.1) is 0 Å². The summed E-state index contributed by atoms with van der Waals surface area (Å²) in [4.78, 5) is 41.1. The van der Waals surface area contributed by atoms with Crippen LogP contribution in [-0.2, 0) is 28.1 Å². The molecule has 0 bridgehead atoms. The first-order chi connectivity index (χ1) is 13.4. The largest absolute Gasteiger partial charge is 0.336 e. The summed E-state index contributed by atoms with van der Waals surface area (Å²) in [6, 6.07) is 14.7. The van der Waals surface area contributed by atoms with E-state index in [-0.39, 0.29) is 12.5 Å². The number of amides is 4. The van der Waals surface area contributed by atoms with Crippen molar-refractivity contribution >= 4 is 33.8 Å². The number of nitrogens with one attached hydrogen (secondary N) is 1. The third-order valence-electron chi connectivity index (χ3n) is 5.46. The molecular formula is C21H20BrN3O3. The second-order valence-corrected chi connectivity index (χ2v) is 8.11. The van der Waals surface area contributed by atoms with Crippen molar-refractivity contribution in [2.24, 2.45) is 0 Å². The molecule has 4 rings (SSSR count). The van der Waals surface area contributed by atoms with Gasteiger partial charge in [0, 0.05) is 23.1 Å². The van der Waals surface area contributed by atoms with E-state index in [1.807, 2.05) is 36.4 Å². The summed E-state index contributed by atoms with van der Waals surface area (Å²) < 4.78 is 0.729. The predicted octanol–water partition coefficient (Wildman–Crippen LogP) is 2.80. The number of urea groups is 1. The van der Waals surface area contributed by atoms with Gasteiger partial charge in [-0.25, -0.2) is 4.79 Å². The molecular weight excluding hydrogens is 422 g/mol. The molecule has 0 aliphatic carbocycles. The molecule has 2 aliphatic rings. The molecule has 2 heterocycles. The number of imide groups is 1. The van der Waals surface area contributed by atoms with E-state index in [9.17, 15) is 14.4 Å². The van der Waals surface area contributed by atoms with Crippen molar-refractivity contribution in [3.05, 3.63) is 69.7 Å². The van der Waals surface area contributed by atoms with E-state index >= 15 is 0 Å². The molecule has 0 radical (unpaired) electrons. The van der Waals surface area contributed by atoms with Gasteiger partial charge in [-0.15, -0.1) is 0 Å². The molecule has 1 fully saturated rings. The fraction of sp³-hybridized carbons (Fsp3) is 0.286. The molecule has 0 spiro atoms. The van der Waals surface area contributed by atoms with Crippen molar-refractivity contribution < 1.29 is 14.4 Å². The molecule has 1 N–H and O–H groups in total. The third kappa shape index (κ3) is 3.09.